The molecule has 1 aromatic heterocycles. The molecule has 1 heterocycles. The summed E-state index contributed by atoms with van der Waals surface area (Å²) in [6.07, 6.45) is 4.46. The maximum atomic E-state index is 11.0. The van der Waals surface area contributed by atoms with Gasteiger partial charge in [0, 0.05) is 37.8 Å². The highest BCUT2D eigenvalue weighted by atomic mass is 16.1. The van der Waals surface area contributed by atoms with E-state index in [4.69, 9.17) is 0 Å². The molecule has 1 rings (SSSR count). The first-order valence-electron chi connectivity index (χ1n) is 5.16. The van der Waals surface area contributed by atoms with Gasteiger partial charge >= 0.3 is 0 Å². The van der Waals surface area contributed by atoms with E-state index in [1.807, 2.05) is 26.5 Å². The average Bonchev–Trinajstić information content (AvgIpc) is 2.50. The standard InChI is InChI=1S/C11H19N3O/c1-9(5-10(2)15)13(3)7-11-6-12-14(4)8-11/h6,8-9H,5,7H2,1-4H3. The third kappa shape index (κ3) is 3.83. The number of aryl methyl sites for hydroxylation is 1. The van der Waals surface area contributed by atoms with Crippen LogP contribution in [0, 0.1) is 0 Å². The second kappa shape index (κ2) is 5.07. The minimum absolute atomic E-state index is 0.237. The fourth-order valence-corrected chi connectivity index (χ4v) is 1.57. The first-order valence-corrected chi connectivity index (χ1v) is 5.16. The number of aromatic nitrogens is 2. The molecular formula is C11H19N3O. The van der Waals surface area contributed by atoms with Gasteiger partial charge in [-0.2, -0.15) is 5.10 Å². The van der Waals surface area contributed by atoms with E-state index < -0.39 is 0 Å². The summed E-state index contributed by atoms with van der Waals surface area (Å²) in [6, 6.07) is 0.280. The third-order valence-corrected chi connectivity index (χ3v) is 2.53. The van der Waals surface area contributed by atoms with Gasteiger partial charge in [0.15, 0.2) is 0 Å². The molecule has 0 aromatic carbocycles. The highest BCUT2D eigenvalue weighted by Gasteiger charge is 2.12. The Kier molecular flexibility index (Phi) is 4.03. The van der Waals surface area contributed by atoms with Crippen LogP contribution in [0.5, 0.6) is 0 Å². The molecule has 0 aliphatic rings. The fraction of sp³-hybridized carbons (Fsp3) is 0.636. The Morgan fingerprint density at radius 2 is 2.33 bits per heavy atom. The molecule has 0 bridgehead atoms. The summed E-state index contributed by atoms with van der Waals surface area (Å²) in [4.78, 5) is 13.1. The minimum Gasteiger partial charge on any atom is -0.300 e. The predicted molar refractivity (Wildman–Crippen MR) is 59.4 cm³/mol. The Labute approximate surface area is 90.9 Å². The molecule has 0 amide bonds. The lowest BCUT2D eigenvalue weighted by molar-refractivity contribution is -0.118. The maximum absolute atomic E-state index is 11.0. The maximum Gasteiger partial charge on any atom is 0.131 e. The van der Waals surface area contributed by atoms with Crippen LogP contribution in [0.15, 0.2) is 12.4 Å². The van der Waals surface area contributed by atoms with Gasteiger partial charge in [0.2, 0.25) is 0 Å². The van der Waals surface area contributed by atoms with Crippen LogP contribution < -0.4 is 0 Å². The summed E-state index contributed by atoms with van der Waals surface area (Å²) in [5.41, 5.74) is 1.18. The zero-order valence-electron chi connectivity index (χ0n) is 9.90. The SMILES string of the molecule is CC(=O)CC(C)N(C)Cc1cnn(C)c1. The number of nitrogens with zero attached hydrogens (tertiary/aromatic N) is 3. The van der Waals surface area contributed by atoms with E-state index >= 15 is 0 Å². The summed E-state index contributed by atoms with van der Waals surface area (Å²) < 4.78 is 1.79. The Morgan fingerprint density at radius 1 is 1.67 bits per heavy atom. The molecule has 0 aliphatic carbocycles. The summed E-state index contributed by atoms with van der Waals surface area (Å²) in [5, 5.41) is 4.11. The summed E-state index contributed by atoms with van der Waals surface area (Å²) in [7, 11) is 3.93. The van der Waals surface area contributed by atoms with Crippen LogP contribution in [-0.2, 0) is 18.4 Å². The van der Waals surface area contributed by atoms with Gasteiger partial charge in [-0.25, -0.2) is 0 Å². The topological polar surface area (TPSA) is 38.1 Å². The van der Waals surface area contributed by atoms with E-state index in [0.29, 0.717) is 6.42 Å². The van der Waals surface area contributed by atoms with Crippen molar-refractivity contribution >= 4 is 5.78 Å². The second-order valence-electron chi connectivity index (χ2n) is 4.19. The van der Waals surface area contributed by atoms with Crippen molar-refractivity contribution in [2.24, 2.45) is 7.05 Å². The molecule has 0 saturated heterocycles. The molecule has 0 radical (unpaired) electrons. The van der Waals surface area contributed by atoms with Crippen LogP contribution in [0.4, 0.5) is 0 Å². The van der Waals surface area contributed by atoms with Crippen LogP contribution in [-0.4, -0.2) is 33.6 Å². The highest BCUT2D eigenvalue weighted by molar-refractivity contribution is 5.76. The molecule has 0 N–H and O–H groups in total. The lowest BCUT2D eigenvalue weighted by Gasteiger charge is -2.22. The summed E-state index contributed by atoms with van der Waals surface area (Å²) >= 11 is 0. The largest absolute Gasteiger partial charge is 0.300 e. The lowest BCUT2D eigenvalue weighted by Crippen LogP contribution is -2.30. The van der Waals surface area contributed by atoms with Crippen molar-refractivity contribution in [2.45, 2.75) is 32.9 Å². The number of carbonyl (C=O) groups is 1. The predicted octanol–water partition coefficient (Wildman–Crippen LogP) is 1.22. The molecule has 15 heavy (non-hydrogen) atoms. The van der Waals surface area contributed by atoms with Gasteiger partial charge < -0.3 is 0 Å². The number of Topliss-reactive ketones (excluding diaryl/α,β-unsaturated/α-hetero) is 1. The summed E-state index contributed by atoms with van der Waals surface area (Å²) in [6.45, 7) is 4.54. The van der Waals surface area contributed by atoms with Crippen molar-refractivity contribution in [3.63, 3.8) is 0 Å². The van der Waals surface area contributed by atoms with Crippen molar-refractivity contribution < 1.29 is 4.79 Å². The first-order chi connectivity index (χ1) is 6.99. The third-order valence-electron chi connectivity index (χ3n) is 2.53. The van der Waals surface area contributed by atoms with Crippen LogP contribution in [0.2, 0.25) is 0 Å². The van der Waals surface area contributed by atoms with Gasteiger partial charge in [-0.1, -0.05) is 0 Å². The van der Waals surface area contributed by atoms with Gasteiger partial charge in [0.1, 0.15) is 5.78 Å². The molecule has 84 valence electrons. The molecular weight excluding hydrogens is 190 g/mol. The molecule has 1 atom stereocenters. The van der Waals surface area contributed by atoms with Gasteiger partial charge in [-0.05, 0) is 20.9 Å². The van der Waals surface area contributed by atoms with Gasteiger partial charge in [-0.15, -0.1) is 0 Å². The van der Waals surface area contributed by atoms with E-state index in [-0.39, 0.29) is 11.8 Å². The normalized spacial score (nSPS) is 13.1. The molecule has 1 unspecified atom stereocenters. The second-order valence-corrected chi connectivity index (χ2v) is 4.19. The van der Waals surface area contributed by atoms with Gasteiger partial charge in [0.25, 0.3) is 0 Å². The number of rotatable bonds is 5. The van der Waals surface area contributed by atoms with Crippen molar-refractivity contribution in [3.8, 4) is 0 Å². The first kappa shape index (κ1) is 11.9. The number of carbonyl (C=O) groups excluding carboxylic acids is 1. The minimum atomic E-state index is 0.237. The van der Waals surface area contributed by atoms with Crippen molar-refractivity contribution in [3.05, 3.63) is 18.0 Å². The Balaban J connectivity index is 2.47. The highest BCUT2D eigenvalue weighted by Crippen LogP contribution is 2.07. The van der Waals surface area contributed by atoms with Crippen molar-refractivity contribution in [1.29, 1.82) is 0 Å². The quantitative estimate of drug-likeness (QED) is 0.732. The Bertz CT molecular complexity index is 332. The number of hydrogen-bond donors (Lipinski definition) is 0. The van der Waals surface area contributed by atoms with E-state index in [1.54, 1.807) is 11.6 Å². The number of hydrogen-bond acceptors (Lipinski definition) is 3. The van der Waals surface area contributed by atoms with Gasteiger partial charge in [0.05, 0.1) is 6.20 Å². The molecule has 4 nitrogen and oxygen atoms in total. The van der Waals surface area contributed by atoms with E-state index in [1.165, 1.54) is 5.56 Å². The molecule has 0 saturated carbocycles. The van der Waals surface area contributed by atoms with Gasteiger partial charge in [-0.3, -0.25) is 14.4 Å². The fourth-order valence-electron chi connectivity index (χ4n) is 1.57. The zero-order valence-corrected chi connectivity index (χ0v) is 9.90. The molecule has 0 fully saturated rings. The lowest BCUT2D eigenvalue weighted by atomic mass is 10.1. The summed E-state index contributed by atoms with van der Waals surface area (Å²) in [5.74, 6) is 0.237. The smallest absolute Gasteiger partial charge is 0.131 e. The monoisotopic (exact) mass is 209 g/mol. The Morgan fingerprint density at radius 3 is 2.80 bits per heavy atom. The Hall–Kier alpha value is -1.16. The van der Waals surface area contributed by atoms with Crippen molar-refractivity contribution in [2.75, 3.05) is 7.05 Å². The molecule has 0 aliphatic heterocycles. The van der Waals surface area contributed by atoms with Crippen LogP contribution in [0.3, 0.4) is 0 Å². The van der Waals surface area contributed by atoms with E-state index in [2.05, 4.69) is 16.9 Å². The van der Waals surface area contributed by atoms with Crippen LogP contribution in [0.25, 0.3) is 0 Å². The molecule has 0 spiro atoms. The van der Waals surface area contributed by atoms with Crippen molar-refractivity contribution in [1.82, 2.24) is 14.7 Å². The van der Waals surface area contributed by atoms with Crippen LogP contribution in [0.1, 0.15) is 25.8 Å². The zero-order chi connectivity index (χ0) is 11.4. The van der Waals surface area contributed by atoms with Crippen LogP contribution >= 0.6 is 0 Å². The van der Waals surface area contributed by atoms with E-state index in [0.717, 1.165) is 6.54 Å². The van der Waals surface area contributed by atoms with E-state index in [9.17, 15) is 4.79 Å². The molecule has 4 heteroatoms. The molecule has 1 aromatic rings. The average molecular weight is 209 g/mol. The number of ketones is 1.